The van der Waals surface area contributed by atoms with E-state index in [1.807, 2.05) is 6.07 Å². The maximum absolute atomic E-state index is 11.1. The lowest BCUT2D eigenvalue weighted by Gasteiger charge is -2.46. The Labute approximate surface area is 505 Å². The molecule has 0 amide bonds. The van der Waals surface area contributed by atoms with Gasteiger partial charge in [-0.05, 0) is 132 Å². The van der Waals surface area contributed by atoms with E-state index in [0.717, 1.165) is 123 Å². The summed E-state index contributed by atoms with van der Waals surface area (Å²) in [5.41, 5.74) is 27.3. The minimum Gasteiger partial charge on any atom is -0.310 e. The van der Waals surface area contributed by atoms with Crippen molar-refractivity contribution >= 4 is 79.0 Å². The number of hydrogen-bond donors (Lipinski definition) is 0. The molecule has 0 unspecified atom stereocenters. The zero-order chi connectivity index (χ0) is 58.4. The molecule has 0 atom stereocenters. The number of nitrogens with zero attached hydrogens (tertiary/aromatic N) is 4. The molecule has 2 aliphatic heterocycles. The summed E-state index contributed by atoms with van der Waals surface area (Å²) in [6, 6.07) is 103. The fourth-order valence-corrected chi connectivity index (χ4v) is 13.7. The quantitative estimate of drug-likeness (QED) is 0.142. The molecule has 12 aromatic carbocycles. The van der Waals surface area contributed by atoms with Crippen LogP contribution < -0.4 is 26.2 Å². The second-order valence-electron chi connectivity index (χ2n) is 25.2. The van der Waals surface area contributed by atoms with Crippen LogP contribution in [0.5, 0.6) is 0 Å². The number of para-hydroxylation sites is 2. The van der Waals surface area contributed by atoms with Gasteiger partial charge < -0.3 is 14.4 Å². The number of benzene rings is 12. The van der Waals surface area contributed by atoms with Gasteiger partial charge in [0.25, 0.3) is 6.71 Å². The van der Waals surface area contributed by atoms with Gasteiger partial charge in [-0.25, -0.2) is 0 Å². The Kier molecular flexibility index (Phi) is 12.5. The van der Waals surface area contributed by atoms with Crippen molar-refractivity contribution < 1.29 is 0 Å². The lowest BCUT2D eigenvalue weighted by Crippen LogP contribution is -2.61. The van der Waals surface area contributed by atoms with Crippen molar-refractivity contribution in [2.24, 2.45) is 0 Å². The second-order valence-corrected chi connectivity index (χ2v) is 25.2. The molecule has 0 saturated heterocycles. The van der Waals surface area contributed by atoms with Crippen LogP contribution in [0, 0.1) is 11.3 Å². The van der Waals surface area contributed by atoms with Crippen LogP contribution >= 0.6 is 0 Å². The Morgan fingerprint density at radius 2 is 0.721 bits per heavy atom. The van der Waals surface area contributed by atoms with E-state index in [0.29, 0.717) is 5.56 Å². The van der Waals surface area contributed by atoms with Crippen LogP contribution in [0.3, 0.4) is 0 Å². The third-order valence-corrected chi connectivity index (χ3v) is 17.9. The molecule has 0 bridgehead atoms. The van der Waals surface area contributed by atoms with Gasteiger partial charge in [0.15, 0.2) is 0 Å². The number of anilines is 6. The molecular formula is C81H63BN4. The first-order valence-corrected chi connectivity index (χ1v) is 30.0. The van der Waals surface area contributed by atoms with Gasteiger partial charge in [-0.2, -0.15) is 5.26 Å². The first kappa shape index (κ1) is 52.4. The third-order valence-electron chi connectivity index (χ3n) is 17.9. The molecular weight excluding hydrogens is 1040 g/mol. The van der Waals surface area contributed by atoms with Gasteiger partial charge in [0, 0.05) is 55.8 Å². The first-order chi connectivity index (χ1) is 41.9. The Morgan fingerprint density at radius 3 is 1.12 bits per heavy atom. The van der Waals surface area contributed by atoms with Gasteiger partial charge in [-0.1, -0.05) is 254 Å². The van der Waals surface area contributed by atoms with E-state index in [1.165, 1.54) is 21.9 Å². The van der Waals surface area contributed by atoms with Crippen LogP contribution in [0.1, 0.15) is 58.2 Å². The number of nitriles is 1. The molecule has 0 spiro atoms. The van der Waals surface area contributed by atoms with Crippen molar-refractivity contribution in [1.82, 2.24) is 4.57 Å². The highest BCUT2D eigenvalue weighted by molar-refractivity contribution is 7.00. The molecule has 3 heterocycles. The monoisotopic (exact) mass is 1100 g/mol. The molecule has 2 aliphatic rings. The lowest BCUT2D eigenvalue weighted by atomic mass is 9.33. The van der Waals surface area contributed by atoms with E-state index in [2.05, 4.69) is 329 Å². The molecule has 86 heavy (non-hydrogen) atoms. The Morgan fingerprint density at radius 1 is 0.337 bits per heavy atom. The van der Waals surface area contributed by atoms with E-state index in [9.17, 15) is 5.26 Å². The second kappa shape index (κ2) is 20.4. The minimum absolute atomic E-state index is 0.0754. The van der Waals surface area contributed by atoms with Crippen molar-refractivity contribution in [3.63, 3.8) is 0 Å². The molecule has 410 valence electrons. The van der Waals surface area contributed by atoms with Crippen LogP contribution in [-0.2, 0) is 10.8 Å². The Hall–Kier alpha value is -10.4. The topological polar surface area (TPSA) is 35.2 Å². The third kappa shape index (κ3) is 8.66. The van der Waals surface area contributed by atoms with Gasteiger partial charge in [0.05, 0.1) is 39.7 Å². The van der Waals surface area contributed by atoms with Gasteiger partial charge in [-0.15, -0.1) is 0 Å². The summed E-state index contributed by atoms with van der Waals surface area (Å²) in [4.78, 5) is 5.17. The molecule has 5 heteroatoms. The van der Waals surface area contributed by atoms with Gasteiger partial charge >= 0.3 is 0 Å². The molecule has 0 radical (unpaired) electrons. The smallest absolute Gasteiger partial charge is 0.252 e. The standard InChI is InChI=1S/C81H63BN4/c1-80(2,3)60-40-44-71-67(48-60)68-49-61(81(4,5)6)41-45-72(68)84(71)62-50-75-77-76(51-62)86(79-65(57-30-18-10-19-31-57)36-23-37-66(79)58-32-20-11-21-33-58)74-43-39-59(54-24-12-7-13-25-54)47-70(74)82(77)69-46-53(52-83)38-42-73(69)85(75)78-63(55-26-14-8-15-27-55)34-22-35-64(78)56-28-16-9-17-29-56/h7-51H,1-6H3. The molecule has 15 rings (SSSR count). The number of hydrogen-bond acceptors (Lipinski definition) is 3. The van der Waals surface area contributed by atoms with E-state index < -0.39 is 0 Å². The fraction of sp³-hybridized carbons (Fsp3) is 0.0988. The van der Waals surface area contributed by atoms with E-state index in [1.54, 1.807) is 0 Å². The average Bonchev–Trinajstić information content (AvgIpc) is 0.799. The summed E-state index contributed by atoms with van der Waals surface area (Å²) in [6.45, 7) is 13.6. The molecule has 0 saturated carbocycles. The zero-order valence-electron chi connectivity index (χ0n) is 49.3. The van der Waals surface area contributed by atoms with Crippen LogP contribution in [0.2, 0.25) is 0 Å². The molecule has 1 aromatic heterocycles. The Bertz CT molecular complexity index is 4630. The number of rotatable bonds is 8. The molecule has 0 fully saturated rings. The van der Waals surface area contributed by atoms with Crippen molar-refractivity contribution in [2.75, 3.05) is 9.80 Å². The number of aromatic nitrogens is 1. The van der Waals surface area contributed by atoms with E-state index in [4.69, 9.17) is 0 Å². The highest BCUT2D eigenvalue weighted by Crippen LogP contribution is 2.54. The van der Waals surface area contributed by atoms with E-state index >= 15 is 0 Å². The maximum Gasteiger partial charge on any atom is 0.252 e. The average molecular weight is 1100 g/mol. The van der Waals surface area contributed by atoms with Crippen molar-refractivity contribution in [1.29, 1.82) is 5.26 Å². The lowest BCUT2D eigenvalue weighted by molar-refractivity contribution is 0.590. The van der Waals surface area contributed by atoms with Crippen LogP contribution in [0.25, 0.3) is 83.1 Å². The number of fused-ring (bicyclic) bond motifs is 7. The molecule has 0 aliphatic carbocycles. The highest BCUT2D eigenvalue weighted by Gasteiger charge is 2.46. The van der Waals surface area contributed by atoms with Crippen molar-refractivity contribution in [3.8, 4) is 67.4 Å². The normalized spacial score (nSPS) is 12.7. The predicted molar refractivity (Wildman–Crippen MR) is 364 cm³/mol. The van der Waals surface area contributed by atoms with Gasteiger partial charge in [0.2, 0.25) is 0 Å². The predicted octanol–water partition coefficient (Wildman–Crippen LogP) is 19.7. The minimum atomic E-state index is -0.307. The van der Waals surface area contributed by atoms with Crippen LogP contribution in [-0.4, -0.2) is 11.3 Å². The first-order valence-electron chi connectivity index (χ1n) is 30.0. The fourth-order valence-electron chi connectivity index (χ4n) is 13.7. The summed E-state index contributed by atoms with van der Waals surface area (Å²) in [7, 11) is 0. The zero-order valence-corrected chi connectivity index (χ0v) is 49.3. The molecule has 13 aromatic rings. The van der Waals surface area contributed by atoms with Crippen molar-refractivity contribution in [3.05, 3.63) is 290 Å². The summed E-state index contributed by atoms with van der Waals surface area (Å²) < 4.78 is 2.54. The van der Waals surface area contributed by atoms with E-state index in [-0.39, 0.29) is 17.5 Å². The largest absolute Gasteiger partial charge is 0.310 e. The highest BCUT2D eigenvalue weighted by atomic mass is 15.2. The Balaban J connectivity index is 1.16. The summed E-state index contributed by atoms with van der Waals surface area (Å²) in [6.07, 6.45) is 0. The molecule has 4 nitrogen and oxygen atoms in total. The summed E-state index contributed by atoms with van der Waals surface area (Å²) in [5.74, 6) is 0. The van der Waals surface area contributed by atoms with Crippen LogP contribution in [0.15, 0.2) is 273 Å². The van der Waals surface area contributed by atoms with Gasteiger partial charge in [-0.3, -0.25) is 0 Å². The summed E-state index contributed by atoms with van der Waals surface area (Å²) >= 11 is 0. The van der Waals surface area contributed by atoms with Gasteiger partial charge in [0.1, 0.15) is 0 Å². The molecule has 0 N–H and O–H groups in total. The van der Waals surface area contributed by atoms with Crippen LogP contribution in [0.4, 0.5) is 34.1 Å². The maximum atomic E-state index is 11.1. The SMILES string of the molecule is CC(C)(C)c1ccc2c(c1)c1cc(C(C)(C)C)ccc1n2-c1cc2c3c(c1)N(c1c(-c4ccccc4)cccc1-c1ccccc1)c1ccc(-c4ccccc4)cc1B3c1cc(C#N)ccc1N2c1c(-c2ccccc2)cccc1-c1ccccc1. The summed E-state index contributed by atoms with van der Waals surface area (Å²) in [5, 5.41) is 13.5. The van der Waals surface area contributed by atoms with Crippen molar-refractivity contribution in [2.45, 2.75) is 52.4 Å².